The minimum Gasteiger partial charge on any atom is -0.491 e. The summed E-state index contributed by atoms with van der Waals surface area (Å²) in [6, 6.07) is 6.44. The van der Waals surface area contributed by atoms with Crippen LogP contribution in [-0.4, -0.2) is 23.8 Å². The third kappa shape index (κ3) is 3.07. The maximum Gasteiger partial charge on any atom is 0.328 e. The summed E-state index contributed by atoms with van der Waals surface area (Å²) >= 11 is 0. The van der Waals surface area contributed by atoms with Gasteiger partial charge in [0, 0.05) is 11.6 Å². The zero-order valence-corrected chi connectivity index (χ0v) is 12.6. The normalized spacial score (nSPS) is 12.4. The van der Waals surface area contributed by atoms with Crippen molar-refractivity contribution in [3.05, 3.63) is 40.8 Å². The number of ether oxygens (including phenoxy) is 2. The van der Waals surface area contributed by atoms with Crippen LogP contribution in [0.4, 0.5) is 0 Å². The van der Waals surface area contributed by atoms with E-state index in [-0.39, 0.29) is 11.7 Å². The van der Waals surface area contributed by atoms with Gasteiger partial charge in [0.2, 0.25) is 0 Å². The van der Waals surface area contributed by atoms with Crippen LogP contribution in [0.3, 0.4) is 0 Å². The lowest BCUT2D eigenvalue weighted by Crippen LogP contribution is -2.28. The summed E-state index contributed by atoms with van der Waals surface area (Å²) in [7, 11) is 1.31. The highest BCUT2D eigenvalue weighted by atomic mass is 16.5. The molecule has 1 unspecified atom stereocenters. The largest absolute Gasteiger partial charge is 0.491 e. The van der Waals surface area contributed by atoms with E-state index in [2.05, 4.69) is 4.74 Å². The van der Waals surface area contributed by atoms with Crippen LogP contribution in [0, 0.1) is 0 Å². The van der Waals surface area contributed by atoms with Crippen LogP contribution >= 0.6 is 0 Å². The Morgan fingerprint density at radius 1 is 1.19 bits per heavy atom. The highest BCUT2D eigenvalue weighted by Crippen LogP contribution is 2.20. The Labute approximate surface area is 123 Å². The van der Waals surface area contributed by atoms with Gasteiger partial charge in [-0.3, -0.25) is 4.79 Å². The molecule has 0 aliphatic carbocycles. The summed E-state index contributed by atoms with van der Waals surface area (Å²) in [5.74, 6) is 0.270. The summed E-state index contributed by atoms with van der Waals surface area (Å²) in [4.78, 5) is 24.0. The number of carbonyl (C=O) groups is 1. The van der Waals surface area contributed by atoms with Gasteiger partial charge in [-0.2, -0.15) is 0 Å². The molecule has 0 N–H and O–H groups in total. The van der Waals surface area contributed by atoms with E-state index in [1.807, 2.05) is 19.9 Å². The Hall–Kier alpha value is -2.30. The molecule has 0 fully saturated rings. The van der Waals surface area contributed by atoms with Crippen molar-refractivity contribution in [1.82, 2.24) is 4.57 Å². The number of carbonyl (C=O) groups excluding carboxylic acids is 1. The fourth-order valence-corrected chi connectivity index (χ4v) is 2.18. The Balaban J connectivity index is 2.48. The molecule has 1 heterocycles. The van der Waals surface area contributed by atoms with Gasteiger partial charge in [-0.05, 0) is 50.4 Å². The Morgan fingerprint density at radius 2 is 1.90 bits per heavy atom. The Morgan fingerprint density at radius 3 is 2.52 bits per heavy atom. The fraction of sp³-hybridized carbons (Fsp3) is 0.375. The van der Waals surface area contributed by atoms with Crippen molar-refractivity contribution in [2.24, 2.45) is 0 Å². The molecule has 0 saturated carbocycles. The van der Waals surface area contributed by atoms with Crippen molar-refractivity contribution in [1.29, 1.82) is 0 Å². The summed E-state index contributed by atoms with van der Waals surface area (Å²) in [5, 5.41) is 1.33. The van der Waals surface area contributed by atoms with Gasteiger partial charge in [-0.25, -0.2) is 4.79 Å². The second-order valence-corrected chi connectivity index (χ2v) is 5.14. The van der Waals surface area contributed by atoms with E-state index in [1.54, 1.807) is 31.3 Å². The van der Waals surface area contributed by atoms with Crippen LogP contribution in [-0.2, 0) is 9.53 Å². The molecule has 0 radical (unpaired) electrons. The second kappa shape index (κ2) is 5.99. The first-order chi connectivity index (χ1) is 9.93. The molecule has 2 rings (SSSR count). The van der Waals surface area contributed by atoms with Crippen molar-refractivity contribution < 1.29 is 14.3 Å². The number of rotatable bonds is 4. The zero-order valence-electron chi connectivity index (χ0n) is 12.6. The lowest BCUT2D eigenvalue weighted by molar-refractivity contribution is -0.144. The first-order valence-electron chi connectivity index (χ1n) is 6.83. The third-order valence-corrected chi connectivity index (χ3v) is 3.23. The third-order valence-electron chi connectivity index (χ3n) is 3.23. The van der Waals surface area contributed by atoms with Gasteiger partial charge < -0.3 is 14.0 Å². The highest BCUT2D eigenvalue weighted by molar-refractivity contribution is 5.83. The second-order valence-electron chi connectivity index (χ2n) is 5.14. The van der Waals surface area contributed by atoms with E-state index in [0.29, 0.717) is 5.39 Å². The van der Waals surface area contributed by atoms with Crippen LogP contribution in [0.25, 0.3) is 10.8 Å². The van der Waals surface area contributed by atoms with Gasteiger partial charge in [-0.1, -0.05) is 0 Å². The molecule has 112 valence electrons. The number of methoxy groups -OCH3 is 1. The smallest absolute Gasteiger partial charge is 0.328 e. The molecule has 0 bridgehead atoms. The molecule has 1 atom stereocenters. The van der Waals surface area contributed by atoms with Crippen LogP contribution in [0.2, 0.25) is 0 Å². The van der Waals surface area contributed by atoms with Crippen molar-refractivity contribution in [3.63, 3.8) is 0 Å². The van der Waals surface area contributed by atoms with Gasteiger partial charge in [0.25, 0.3) is 5.56 Å². The number of esters is 1. The monoisotopic (exact) mass is 289 g/mol. The molecule has 0 aliphatic rings. The van der Waals surface area contributed by atoms with E-state index in [1.165, 1.54) is 11.7 Å². The van der Waals surface area contributed by atoms with Gasteiger partial charge in [0.1, 0.15) is 11.8 Å². The molecule has 0 aliphatic heterocycles. The standard InChI is InChI=1S/C16H19NO4/c1-10(2)21-13-5-6-14-12(9-13)7-8-17(15(14)18)11(3)16(19)20-4/h5-11H,1-4H3. The van der Waals surface area contributed by atoms with Crippen molar-refractivity contribution in [3.8, 4) is 5.75 Å². The molecule has 0 spiro atoms. The number of hydrogen-bond donors (Lipinski definition) is 0. The van der Waals surface area contributed by atoms with Crippen LogP contribution in [0.1, 0.15) is 26.8 Å². The topological polar surface area (TPSA) is 57.5 Å². The Kier molecular flexibility index (Phi) is 4.31. The zero-order chi connectivity index (χ0) is 15.6. The molecule has 21 heavy (non-hydrogen) atoms. The SMILES string of the molecule is COC(=O)C(C)n1ccc2cc(OC(C)C)ccc2c1=O. The molecule has 1 aromatic carbocycles. The average molecular weight is 289 g/mol. The number of aromatic nitrogens is 1. The minimum absolute atomic E-state index is 0.0715. The van der Waals surface area contributed by atoms with Crippen LogP contribution < -0.4 is 10.3 Å². The molecule has 5 heteroatoms. The van der Waals surface area contributed by atoms with Crippen molar-refractivity contribution in [2.45, 2.75) is 32.9 Å². The van der Waals surface area contributed by atoms with Crippen molar-refractivity contribution in [2.75, 3.05) is 7.11 Å². The highest BCUT2D eigenvalue weighted by Gasteiger charge is 2.17. The lowest BCUT2D eigenvalue weighted by atomic mass is 10.1. The maximum atomic E-state index is 12.4. The van der Waals surface area contributed by atoms with Gasteiger partial charge in [0.15, 0.2) is 0 Å². The predicted octanol–water partition coefficient (Wildman–Crippen LogP) is 2.52. The summed E-state index contributed by atoms with van der Waals surface area (Å²) in [6.07, 6.45) is 1.67. The lowest BCUT2D eigenvalue weighted by Gasteiger charge is -2.14. The first kappa shape index (κ1) is 15.1. The fourth-order valence-electron chi connectivity index (χ4n) is 2.18. The first-order valence-corrected chi connectivity index (χ1v) is 6.83. The molecule has 1 aromatic heterocycles. The van der Waals surface area contributed by atoms with E-state index in [0.717, 1.165) is 11.1 Å². The van der Waals surface area contributed by atoms with E-state index >= 15 is 0 Å². The molecular weight excluding hydrogens is 270 g/mol. The average Bonchev–Trinajstić information content (AvgIpc) is 2.45. The van der Waals surface area contributed by atoms with E-state index < -0.39 is 12.0 Å². The van der Waals surface area contributed by atoms with E-state index in [9.17, 15) is 9.59 Å². The van der Waals surface area contributed by atoms with Crippen LogP contribution in [0.5, 0.6) is 5.75 Å². The van der Waals surface area contributed by atoms with Gasteiger partial charge >= 0.3 is 5.97 Å². The number of nitrogens with zero attached hydrogens (tertiary/aromatic N) is 1. The number of pyridine rings is 1. The van der Waals surface area contributed by atoms with Crippen molar-refractivity contribution >= 4 is 16.7 Å². The van der Waals surface area contributed by atoms with Crippen LogP contribution in [0.15, 0.2) is 35.3 Å². The summed E-state index contributed by atoms with van der Waals surface area (Å²) in [6.45, 7) is 5.52. The number of fused-ring (bicyclic) bond motifs is 1. The quantitative estimate of drug-likeness (QED) is 0.812. The van der Waals surface area contributed by atoms with Gasteiger partial charge in [0.05, 0.1) is 13.2 Å². The summed E-state index contributed by atoms with van der Waals surface area (Å²) < 4.78 is 11.7. The maximum absolute atomic E-state index is 12.4. The van der Waals surface area contributed by atoms with Gasteiger partial charge in [-0.15, -0.1) is 0 Å². The molecule has 0 amide bonds. The molecular formula is C16H19NO4. The van der Waals surface area contributed by atoms with E-state index in [4.69, 9.17) is 4.74 Å². The molecule has 0 saturated heterocycles. The Bertz CT molecular complexity index is 718. The summed E-state index contributed by atoms with van der Waals surface area (Å²) in [5.41, 5.74) is -0.221. The number of benzene rings is 1. The number of hydrogen-bond acceptors (Lipinski definition) is 4. The predicted molar refractivity (Wildman–Crippen MR) is 80.7 cm³/mol. The molecule has 5 nitrogen and oxygen atoms in total. The minimum atomic E-state index is -0.654. The molecule has 2 aromatic rings.